The number of rotatable bonds is 7. The molecule has 0 aliphatic heterocycles. The molecule has 2 N–H and O–H groups in total. The van der Waals surface area contributed by atoms with Crippen LogP contribution in [0.15, 0.2) is 38.3 Å². The summed E-state index contributed by atoms with van der Waals surface area (Å²) in [6.45, 7) is 3.96. The van der Waals surface area contributed by atoms with Gasteiger partial charge < -0.3 is 14.6 Å². The Morgan fingerprint density at radius 1 is 1.32 bits per heavy atom. The number of halogens is 3. The first kappa shape index (κ1) is 22.5. The highest BCUT2D eigenvalue weighted by atomic mass is 79.9. The van der Waals surface area contributed by atoms with Crippen molar-refractivity contribution in [3.63, 3.8) is 0 Å². The van der Waals surface area contributed by atoms with Crippen LogP contribution in [0.4, 0.5) is 0 Å². The maximum absolute atomic E-state index is 12.2. The van der Waals surface area contributed by atoms with E-state index in [0.717, 1.165) is 6.42 Å². The van der Waals surface area contributed by atoms with E-state index in [1.165, 1.54) is 25.5 Å². The minimum absolute atomic E-state index is 0.00541. The fourth-order valence-electron chi connectivity index (χ4n) is 2.14. The average molecular weight is 535 g/mol. The summed E-state index contributed by atoms with van der Waals surface area (Å²) in [5.41, 5.74) is 3.38. The van der Waals surface area contributed by atoms with Gasteiger partial charge in [0.25, 0.3) is 5.91 Å². The second-order valence-corrected chi connectivity index (χ2v) is 7.97. The molecule has 0 radical (unpaired) electrons. The molecule has 0 heterocycles. The number of nitrogens with zero attached hydrogens (tertiary/aromatic N) is 1. The SMILES string of the molecule is CC[C@H](C)Oc1c(Cl)cc(/C=N\NC(=O)c2cc(Br)c(O)c(Br)c2)cc1OC. The van der Waals surface area contributed by atoms with Crippen molar-refractivity contribution >= 4 is 55.6 Å². The Morgan fingerprint density at radius 2 is 1.96 bits per heavy atom. The zero-order chi connectivity index (χ0) is 20.8. The van der Waals surface area contributed by atoms with E-state index in [1.54, 1.807) is 12.1 Å². The van der Waals surface area contributed by atoms with E-state index < -0.39 is 5.91 Å². The van der Waals surface area contributed by atoms with Crippen molar-refractivity contribution in [2.45, 2.75) is 26.4 Å². The number of carbonyl (C=O) groups excluding carboxylic acids is 1. The smallest absolute Gasteiger partial charge is 0.271 e. The molecule has 28 heavy (non-hydrogen) atoms. The minimum atomic E-state index is -0.438. The van der Waals surface area contributed by atoms with Crippen LogP contribution in [0, 0.1) is 0 Å². The molecule has 9 heteroatoms. The molecule has 0 saturated carbocycles. The number of carbonyl (C=O) groups is 1. The van der Waals surface area contributed by atoms with Crippen molar-refractivity contribution in [2.75, 3.05) is 7.11 Å². The van der Waals surface area contributed by atoms with Gasteiger partial charge in [-0.3, -0.25) is 4.79 Å². The highest BCUT2D eigenvalue weighted by molar-refractivity contribution is 9.11. The highest BCUT2D eigenvalue weighted by Gasteiger charge is 2.14. The van der Waals surface area contributed by atoms with Crippen LogP contribution < -0.4 is 14.9 Å². The standard InChI is InChI=1S/C19H19Br2ClN2O4/c1-4-10(2)28-18-15(22)5-11(6-16(18)27-3)9-23-24-19(26)12-7-13(20)17(25)14(21)8-12/h5-10,25H,4H2,1-3H3,(H,24,26)/b23-9-/t10-/m0/s1. The molecule has 1 atom stereocenters. The molecule has 2 aromatic carbocycles. The quantitative estimate of drug-likeness (QED) is 0.362. The van der Waals surface area contributed by atoms with E-state index in [2.05, 4.69) is 42.4 Å². The van der Waals surface area contributed by atoms with Crippen LogP contribution in [-0.4, -0.2) is 30.4 Å². The van der Waals surface area contributed by atoms with Crippen molar-refractivity contribution < 1.29 is 19.4 Å². The van der Waals surface area contributed by atoms with E-state index in [-0.39, 0.29) is 11.9 Å². The van der Waals surface area contributed by atoms with Crippen LogP contribution in [0.25, 0.3) is 0 Å². The molecule has 0 spiro atoms. The molecule has 0 fully saturated rings. The summed E-state index contributed by atoms with van der Waals surface area (Å²) in [4.78, 5) is 12.2. The van der Waals surface area contributed by atoms with Gasteiger partial charge in [0.2, 0.25) is 0 Å². The Labute approximate surface area is 185 Å². The highest BCUT2D eigenvalue weighted by Crippen LogP contribution is 2.37. The molecule has 2 rings (SSSR count). The van der Waals surface area contributed by atoms with Gasteiger partial charge in [-0.15, -0.1) is 0 Å². The number of phenols is 1. The van der Waals surface area contributed by atoms with Gasteiger partial charge in [0, 0.05) is 5.56 Å². The van der Waals surface area contributed by atoms with Crippen molar-refractivity contribution in [2.24, 2.45) is 5.10 Å². The third-order valence-electron chi connectivity index (χ3n) is 3.80. The maximum atomic E-state index is 12.2. The van der Waals surface area contributed by atoms with Gasteiger partial charge in [0.15, 0.2) is 11.5 Å². The Morgan fingerprint density at radius 3 is 2.54 bits per heavy atom. The zero-order valence-corrected chi connectivity index (χ0v) is 19.4. The van der Waals surface area contributed by atoms with E-state index in [9.17, 15) is 9.90 Å². The average Bonchev–Trinajstić information content (AvgIpc) is 2.67. The second kappa shape index (κ2) is 10.1. The molecule has 0 bridgehead atoms. The molecule has 6 nitrogen and oxygen atoms in total. The third kappa shape index (κ3) is 5.62. The molecular weight excluding hydrogens is 515 g/mol. The third-order valence-corrected chi connectivity index (χ3v) is 5.29. The largest absolute Gasteiger partial charge is 0.506 e. The fraction of sp³-hybridized carbons (Fsp3) is 0.263. The van der Waals surface area contributed by atoms with E-state index >= 15 is 0 Å². The van der Waals surface area contributed by atoms with Gasteiger partial charge in [-0.25, -0.2) is 5.43 Å². The summed E-state index contributed by atoms with van der Waals surface area (Å²) < 4.78 is 11.9. The lowest BCUT2D eigenvalue weighted by Crippen LogP contribution is -2.17. The van der Waals surface area contributed by atoms with Gasteiger partial charge in [-0.05, 0) is 75.0 Å². The molecule has 1 amide bonds. The van der Waals surface area contributed by atoms with E-state index in [1.807, 2.05) is 13.8 Å². The van der Waals surface area contributed by atoms with Crippen LogP contribution in [0.3, 0.4) is 0 Å². The number of benzene rings is 2. The van der Waals surface area contributed by atoms with Crippen molar-refractivity contribution in [3.05, 3.63) is 49.4 Å². The number of aromatic hydroxyl groups is 1. The number of nitrogens with one attached hydrogen (secondary N) is 1. The fourth-order valence-corrected chi connectivity index (χ4v) is 3.59. The van der Waals surface area contributed by atoms with Gasteiger partial charge >= 0.3 is 0 Å². The molecule has 150 valence electrons. The molecular formula is C19H19Br2ClN2O4. The Bertz CT molecular complexity index is 883. The first-order chi connectivity index (χ1) is 13.3. The number of methoxy groups -OCH3 is 1. The van der Waals surface area contributed by atoms with Gasteiger partial charge in [-0.2, -0.15) is 5.10 Å². The number of phenolic OH excluding ortho intramolecular Hbond substituents is 1. The summed E-state index contributed by atoms with van der Waals surface area (Å²) in [5, 5.41) is 14.1. The number of hydrazone groups is 1. The summed E-state index contributed by atoms with van der Waals surface area (Å²) in [5.74, 6) is 0.527. The molecule has 2 aromatic rings. The molecule has 0 saturated heterocycles. The summed E-state index contributed by atoms with van der Waals surface area (Å²) >= 11 is 12.7. The molecule has 0 unspecified atom stereocenters. The normalized spacial score (nSPS) is 12.1. The predicted molar refractivity (Wildman–Crippen MR) is 117 cm³/mol. The molecule has 0 aliphatic carbocycles. The topological polar surface area (TPSA) is 80.2 Å². The number of hydrogen-bond acceptors (Lipinski definition) is 5. The lowest BCUT2D eigenvalue weighted by atomic mass is 10.2. The monoisotopic (exact) mass is 532 g/mol. The van der Waals surface area contributed by atoms with Crippen LogP contribution in [0.1, 0.15) is 36.2 Å². The van der Waals surface area contributed by atoms with Crippen molar-refractivity contribution in [1.29, 1.82) is 0 Å². The number of ether oxygens (including phenoxy) is 2. The van der Waals surface area contributed by atoms with E-state index in [0.29, 0.717) is 36.6 Å². The minimum Gasteiger partial charge on any atom is -0.506 e. The van der Waals surface area contributed by atoms with Crippen molar-refractivity contribution in [3.8, 4) is 17.2 Å². The first-order valence-corrected chi connectivity index (χ1v) is 10.3. The van der Waals surface area contributed by atoms with Crippen LogP contribution >= 0.6 is 43.5 Å². The molecule has 0 aromatic heterocycles. The predicted octanol–water partition coefficient (Wildman–Crippen LogP) is 5.52. The maximum Gasteiger partial charge on any atom is 0.271 e. The number of hydrogen-bond donors (Lipinski definition) is 2. The Kier molecular flexibility index (Phi) is 8.15. The van der Waals surface area contributed by atoms with Crippen molar-refractivity contribution in [1.82, 2.24) is 5.43 Å². The zero-order valence-electron chi connectivity index (χ0n) is 15.4. The second-order valence-electron chi connectivity index (χ2n) is 5.86. The Hall–Kier alpha value is -1.77. The van der Waals surface area contributed by atoms with E-state index in [4.69, 9.17) is 21.1 Å². The lowest BCUT2D eigenvalue weighted by Gasteiger charge is -2.17. The van der Waals surface area contributed by atoms with Crippen LogP contribution in [0.2, 0.25) is 5.02 Å². The number of amides is 1. The van der Waals surface area contributed by atoms with Gasteiger partial charge in [0.05, 0.1) is 33.4 Å². The summed E-state index contributed by atoms with van der Waals surface area (Å²) in [7, 11) is 1.53. The first-order valence-electron chi connectivity index (χ1n) is 8.32. The molecule has 0 aliphatic rings. The Balaban J connectivity index is 2.16. The van der Waals surface area contributed by atoms with Crippen LogP contribution in [-0.2, 0) is 0 Å². The lowest BCUT2D eigenvalue weighted by molar-refractivity contribution is 0.0955. The van der Waals surface area contributed by atoms with Gasteiger partial charge in [-0.1, -0.05) is 18.5 Å². The summed E-state index contributed by atoms with van der Waals surface area (Å²) in [6.07, 6.45) is 2.27. The summed E-state index contributed by atoms with van der Waals surface area (Å²) in [6, 6.07) is 6.37. The van der Waals surface area contributed by atoms with Crippen LogP contribution in [0.5, 0.6) is 17.2 Å². The van der Waals surface area contributed by atoms with Gasteiger partial charge in [0.1, 0.15) is 5.75 Å².